The highest BCUT2D eigenvalue weighted by molar-refractivity contribution is 7.95. The Morgan fingerprint density at radius 3 is 2.36 bits per heavy atom. The first-order valence-electron chi connectivity index (χ1n) is 6.42. The number of carbonyl (C=O) groups excluding carboxylic acids is 2. The molecule has 0 spiro atoms. The van der Waals surface area contributed by atoms with Gasteiger partial charge in [-0.1, -0.05) is 12.1 Å². The van der Waals surface area contributed by atoms with Gasteiger partial charge in [-0.25, -0.2) is 4.39 Å². The molecule has 0 aliphatic carbocycles. The van der Waals surface area contributed by atoms with Gasteiger partial charge in [0, 0.05) is 13.0 Å². The number of halogens is 2. The molecule has 0 heterocycles. The molecular weight excluding hydrogens is 422 g/mol. The molecule has 1 aromatic carbocycles. The van der Waals surface area contributed by atoms with Crippen LogP contribution < -0.4 is 39.7 Å². The predicted molar refractivity (Wildman–Crippen MR) is 79.3 cm³/mol. The molecule has 5 nitrogen and oxygen atoms in total. The lowest BCUT2D eigenvalue weighted by molar-refractivity contribution is -0.251. The SMILES string of the molecule is C[S+](C)CCC(NC(=O)[O-])C(=O)NCc1ccc(F)cc1.[I-]. The van der Waals surface area contributed by atoms with Crippen LogP contribution in [0.15, 0.2) is 24.3 Å². The number of rotatable bonds is 7. The summed E-state index contributed by atoms with van der Waals surface area (Å²) in [7, 11) is 0.115. The van der Waals surface area contributed by atoms with E-state index in [-0.39, 0.29) is 47.2 Å². The van der Waals surface area contributed by atoms with Gasteiger partial charge in [0.05, 0.1) is 12.5 Å². The molecule has 0 bridgehead atoms. The molecule has 1 atom stereocenters. The predicted octanol–water partition coefficient (Wildman–Crippen LogP) is -2.98. The summed E-state index contributed by atoms with van der Waals surface area (Å²) in [5.74, 6) is -0.0111. The lowest BCUT2D eigenvalue weighted by Gasteiger charge is -2.19. The molecule has 22 heavy (non-hydrogen) atoms. The molecule has 0 saturated carbocycles. The van der Waals surface area contributed by atoms with Crippen molar-refractivity contribution in [1.29, 1.82) is 0 Å². The Kier molecular flexibility index (Phi) is 10.2. The summed E-state index contributed by atoms with van der Waals surface area (Å²) in [6.07, 6.45) is 2.99. The van der Waals surface area contributed by atoms with Gasteiger partial charge in [-0.05, 0) is 28.6 Å². The van der Waals surface area contributed by atoms with Crippen LogP contribution in [0.3, 0.4) is 0 Å². The van der Waals surface area contributed by atoms with E-state index in [9.17, 15) is 19.1 Å². The highest BCUT2D eigenvalue weighted by atomic mass is 127. The first-order chi connectivity index (χ1) is 9.88. The monoisotopic (exact) mass is 441 g/mol. The molecule has 1 aromatic rings. The van der Waals surface area contributed by atoms with E-state index in [1.165, 1.54) is 12.1 Å². The maximum atomic E-state index is 12.8. The maximum absolute atomic E-state index is 12.8. The molecule has 8 heteroatoms. The molecule has 124 valence electrons. The Morgan fingerprint density at radius 1 is 1.27 bits per heavy atom. The number of carbonyl (C=O) groups is 2. The largest absolute Gasteiger partial charge is 1.00 e. The Morgan fingerprint density at radius 2 is 1.86 bits per heavy atom. The van der Waals surface area contributed by atoms with E-state index < -0.39 is 18.0 Å². The summed E-state index contributed by atoms with van der Waals surface area (Å²) in [5, 5.41) is 15.4. The van der Waals surface area contributed by atoms with Gasteiger partial charge in [-0.2, -0.15) is 0 Å². The van der Waals surface area contributed by atoms with Crippen LogP contribution in [0.2, 0.25) is 0 Å². The number of hydrogen-bond donors (Lipinski definition) is 2. The fraction of sp³-hybridized carbons (Fsp3) is 0.429. The average molecular weight is 441 g/mol. The molecule has 0 aliphatic rings. The van der Waals surface area contributed by atoms with Crippen molar-refractivity contribution >= 4 is 22.9 Å². The van der Waals surface area contributed by atoms with E-state index in [0.29, 0.717) is 6.42 Å². The van der Waals surface area contributed by atoms with Crippen LogP contribution in [0.5, 0.6) is 0 Å². The number of amides is 2. The number of hydrogen-bond acceptors (Lipinski definition) is 3. The van der Waals surface area contributed by atoms with Crippen molar-refractivity contribution in [1.82, 2.24) is 10.6 Å². The van der Waals surface area contributed by atoms with E-state index in [1.54, 1.807) is 12.1 Å². The number of nitrogens with one attached hydrogen (secondary N) is 2. The summed E-state index contributed by atoms with van der Waals surface area (Å²) >= 11 is 0. The summed E-state index contributed by atoms with van der Waals surface area (Å²) < 4.78 is 12.8. The topological polar surface area (TPSA) is 81.3 Å². The number of benzene rings is 1. The minimum Gasteiger partial charge on any atom is -1.00 e. The molecule has 1 unspecified atom stereocenters. The first-order valence-corrected chi connectivity index (χ1v) is 8.63. The molecule has 1 rings (SSSR count). The van der Waals surface area contributed by atoms with Crippen molar-refractivity contribution in [3.05, 3.63) is 35.6 Å². The van der Waals surface area contributed by atoms with Crippen LogP contribution in [0.1, 0.15) is 12.0 Å². The van der Waals surface area contributed by atoms with Crippen LogP contribution in [-0.4, -0.2) is 36.3 Å². The second kappa shape index (κ2) is 10.7. The fourth-order valence-electron chi connectivity index (χ4n) is 1.68. The van der Waals surface area contributed by atoms with Crippen molar-refractivity contribution in [3.8, 4) is 0 Å². The van der Waals surface area contributed by atoms with Crippen molar-refractivity contribution in [3.63, 3.8) is 0 Å². The molecule has 0 radical (unpaired) electrons. The van der Waals surface area contributed by atoms with Crippen LogP contribution >= 0.6 is 0 Å². The summed E-state index contributed by atoms with van der Waals surface area (Å²) in [6, 6.07) is 4.90. The summed E-state index contributed by atoms with van der Waals surface area (Å²) in [5.41, 5.74) is 0.739. The first kappa shape index (κ1) is 21.0. The molecule has 2 amide bonds. The highest BCUT2D eigenvalue weighted by Gasteiger charge is 2.20. The van der Waals surface area contributed by atoms with Crippen molar-refractivity contribution in [2.75, 3.05) is 18.3 Å². The Balaban J connectivity index is 0.00000441. The van der Waals surface area contributed by atoms with Gasteiger partial charge in [0.1, 0.15) is 23.7 Å². The van der Waals surface area contributed by atoms with Crippen LogP contribution in [0.4, 0.5) is 9.18 Å². The smallest absolute Gasteiger partial charge is 0.242 e. The Labute approximate surface area is 149 Å². The maximum Gasteiger partial charge on any atom is 0.242 e. The average Bonchev–Trinajstić information content (AvgIpc) is 2.42. The van der Waals surface area contributed by atoms with Crippen molar-refractivity contribution in [2.45, 2.75) is 19.0 Å². The third-order valence-corrected chi connectivity index (χ3v) is 3.86. The molecule has 0 aromatic heterocycles. The third kappa shape index (κ3) is 8.42. The minimum atomic E-state index is -1.47. The van der Waals surface area contributed by atoms with Gasteiger partial charge in [-0.15, -0.1) is 0 Å². The van der Waals surface area contributed by atoms with E-state index in [2.05, 4.69) is 10.6 Å². The lowest BCUT2D eigenvalue weighted by atomic mass is 10.2. The van der Waals surface area contributed by atoms with Gasteiger partial charge in [-0.3, -0.25) is 4.79 Å². The summed E-state index contributed by atoms with van der Waals surface area (Å²) in [4.78, 5) is 22.6. The second-order valence-corrected chi connectivity index (χ2v) is 7.19. The fourth-order valence-corrected chi connectivity index (χ4v) is 2.39. The normalized spacial score (nSPS) is 11.5. The highest BCUT2D eigenvalue weighted by Crippen LogP contribution is 2.03. The van der Waals surface area contributed by atoms with Crippen molar-refractivity contribution < 1.29 is 43.1 Å². The lowest BCUT2D eigenvalue weighted by Crippen LogP contribution is -3.00. The zero-order chi connectivity index (χ0) is 15.8. The zero-order valence-electron chi connectivity index (χ0n) is 12.4. The molecular formula is C14H19FIN2O3S-. The van der Waals surface area contributed by atoms with Gasteiger partial charge >= 0.3 is 0 Å². The molecule has 0 fully saturated rings. The Bertz CT molecular complexity index is 485. The summed E-state index contributed by atoms with van der Waals surface area (Å²) in [6.45, 7) is 0.217. The van der Waals surface area contributed by atoms with Gasteiger partial charge in [0.15, 0.2) is 0 Å². The van der Waals surface area contributed by atoms with E-state index in [1.807, 2.05) is 12.5 Å². The van der Waals surface area contributed by atoms with Crippen molar-refractivity contribution in [2.24, 2.45) is 0 Å². The van der Waals surface area contributed by atoms with Gasteiger partial charge < -0.3 is 44.5 Å². The van der Waals surface area contributed by atoms with Gasteiger partial charge in [0.25, 0.3) is 0 Å². The second-order valence-electron chi connectivity index (χ2n) is 4.81. The van der Waals surface area contributed by atoms with E-state index in [4.69, 9.17) is 0 Å². The molecule has 2 N–H and O–H groups in total. The quantitative estimate of drug-likeness (QED) is 0.350. The van der Waals surface area contributed by atoms with Gasteiger partial charge in [0.2, 0.25) is 5.91 Å². The van der Waals surface area contributed by atoms with E-state index in [0.717, 1.165) is 11.3 Å². The molecule has 0 aliphatic heterocycles. The van der Waals surface area contributed by atoms with Crippen LogP contribution in [0.25, 0.3) is 0 Å². The van der Waals surface area contributed by atoms with Crippen LogP contribution in [0, 0.1) is 5.82 Å². The number of carboxylic acid groups (broad SMARTS) is 1. The third-order valence-electron chi connectivity index (χ3n) is 2.80. The van der Waals surface area contributed by atoms with Crippen LogP contribution in [-0.2, 0) is 22.2 Å². The zero-order valence-corrected chi connectivity index (χ0v) is 15.4. The standard InChI is InChI=1S/C14H19FN2O3S.HI/c1-21(2)8-7-12(17-14(19)20)13(18)16-9-10-3-5-11(15)6-4-10;/h3-6,12,17H,7-9H2,1-2H3,(H-,16,18,19,20);1H/p-1. The Hall–Kier alpha value is -1.03. The minimum absolute atomic E-state index is 0. The molecule has 0 saturated heterocycles. The van der Waals surface area contributed by atoms with E-state index >= 15 is 0 Å².